The molecule has 0 saturated carbocycles. The molecule has 1 heterocycles. The fraction of sp³-hybridized carbons (Fsp3) is 0.389. The van der Waals surface area contributed by atoms with E-state index in [0.29, 0.717) is 17.0 Å². The number of benzene rings is 1. The fourth-order valence-corrected chi connectivity index (χ4v) is 3.52. The first kappa shape index (κ1) is 19.5. The SMILES string of the molecule is CCC(C)N(Cc1ccccc1OS(=O)(=O)CC)C(=O)c1cccs1. The summed E-state index contributed by atoms with van der Waals surface area (Å²) in [6.07, 6.45) is 0.799. The average Bonchev–Trinajstić information content (AvgIpc) is 3.14. The molecule has 1 unspecified atom stereocenters. The van der Waals surface area contributed by atoms with Gasteiger partial charge >= 0.3 is 10.1 Å². The van der Waals surface area contributed by atoms with Crippen LogP contribution in [-0.2, 0) is 16.7 Å². The van der Waals surface area contributed by atoms with Crippen LogP contribution in [0.2, 0.25) is 0 Å². The van der Waals surface area contributed by atoms with Gasteiger partial charge in [0.05, 0.1) is 10.6 Å². The Hall–Kier alpha value is -1.86. The van der Waals surface area contributed by atoms with Crippen molar-refractivity contribution in [1.29, 1.82) is 0 Å². The van der Waals surface area contributed by atoms with Gasteiger partial charge in [0, 0.05) is 18.2 Å². The lowest BCUT2D eigenvalue weighted by atomic mass is 10.1. The third kappa shape index (κ3) is 5.06. The van der Waals surface area contributed by atoms with Crippen molar-refractivity contribution in [2.45, 2.75) is 39.8 Å². The van der Waals surface area contributed by atoms with E-state index in [2.05, 4.69) is 0 Å². The predicted molar refractivity (Wildman–Crippen MR) is 100 cm³/mol. The van der Waals surface area contributed by atoms with Gasteiger partial charge in [0.1, 0.15) is 5.75 Å². The van der Waals surface area contributed by atoms with Crippen molar-refractivity contribution >= 4 is 27.4 Å². The van der Waals surface area contributed by atoms with Gasteiger partial charge in [-0.15, -0.1) is 11.3 Å². The molecule has 25 heavy (non-hydrogen) atoms. The zero-order valence-corrected chi connectivity index (χ0v) is 16.3. The van der Waals surface area contributed by atoms with Gasteiger partial charge in [-0.25, -0.2) is 0 Å². The largest absolute Gasteiger partial charge is 0.382 e. The Labute approximate surface area is 153 Å². The van der Waals surface area contributed by atoms with Crippen LogP contribution in [0, 0.1) is 0 Å². The summed E-state index contributed by atoms with van der Waals surface area (Å²) < 4.78 is 28.8. The highest BCUT2D eigenvalue weighted by Crippen LogP contribution is 2.25. The standard InChI is InChI=1S/C18H23NO4S2/c1-4-14(3)19(18(20)17-11-8-12-24-17)13-15-9-6-7-10-16(15)23-25(21,22)5-2/h6-12,14H,4-5,13H2,1-3H3. The Bertz CT molecular complexity index is 800. The molecule has 0 saturated heterocycles. The Morgan fingerprint density at radius 3 is 2.52 bits per heavy atom. The molecule has 0 aliphatic carbocycles. The number of hydrogen-bond acceptors (Lipinski definition) is 5. The quantitative estimate of drug-likeness (QED) is 0.650. The molecule has 2 rings (SSSR count). The molecular weight excluding hydrogens is 358 g/mol. The molecule has 2 aromatic rings. The van der Waals surface area contributed by atoms with Gasteiger partial charge in [-0.05, 0) is 37.8 Å². The Morgan fingerprint density at radius 1 is 1.20 bits per heavy atom. The molecule has 0 fully saturated rings. The Morgan fingerprint density at radius 2 is 1.92 bits per heavy atom. The van der Waals surface area contributed by atoms with E-state index in [-0.39, 0.29) is 23.5 Å². The molecule has 1 amide bonds. The average molecular weight is 382 g/mol. The van der Waals surface area contributed by atoms with Gasteiger partial charge in [0.25, 0.3) is 5.91 Å². The van der Waals surface area contributed by atoms with E-state index in [4.69, 9.17) is 4.18 Å². The van der Waals surface area contributed by atoms with Crippen LogP contribution in [0.3, 0.4) is 0 Å². The summed E-state index contributed by atoms with van der Waals surface area (Å²) in [6, 6.07) is 10.6. The molecule has 5 nitrogen and oxygen atoms in total. The van der Waals surface area contributed by atoms with Crippen LogP contribution in [0.4, 0.5) is 0 Å². The first-order valence-corrected chi connectivity index (χ1v) is 10.7. The molecule has 0 radical (unpaired) electrons. The van der Waals surface area contributed by atoms with Crippen LogP contribution in [0.1, 0.15) is 42.4 Å². The number of nitrogens with zero attached hydrogens (tertiary/aromatic N) is 1. The predicted octanol–water partition coefficient (Wildman–Crippen LogP) is 3.92. The molecule has 1 atom stereocenters. The first-order valence-electron chi connectivity index (χ1n) is 8.22. The Kier molecular flexibility index (Phi) is 6.61. The van der Waals surface area contributed by atoms with Crippen molar-refractivity contribution in [3.05, 3.63) is 52.2 Å². The number of amides is 1. The van der Waals surface area contributed by atoms with E-state index in [9.17, 15) is 13.2 Å². The van der Waals surface area contributed by atoms with E-state index in [1.54, 1.807) is 29.2 Å². The maximum absolute atomic E-state index is 12.8. The number of rotatable bonds is 8. The third-order valence-electron chi connectivity index (χ3n) is 4.00. The summed E-state index contributed by atoms with van der Waals surface area (Å²) in [5, 5.41) is 1.87. The molecule has 0 bridgehead atoms. The van der Waals surface area contributed by atoms with Crippen LogP contribution < -0.4 is 4.18 Å². The van der Waals surface area contributed by atoms with Gasteiger partial charge < -0.3 is 9.08 Å². The molecule has 1 aromatic carbocycles. The molecule has 0 aliphatic rings. The molecule has 136 valence electrons. The minimum Gasteiger partial charge on any atom is -0.382 e. The van der Waals surface area contributed by atoms with Crippen molar-refractivity contribution in [1.82, 2.24) is 4.90 Å². The van der Waals surface area contributed by atoms with E-state index in [1.807, 2.05) is 31.4 Å². The van der Waals surface area contributed by atoms with Crippen molar-refractivity contribution < 1.29 is 17.4 Å². The highest BCUT2D eigenvalue weighted by Gasteiger charge is 2.23. The summed E-state index contributed by atoms with van der Waals surface area (Å²) >= 11 is 1.40. The number of para-hydroxylation sites is 1. The second-order valence-corrected chi connectivity index (χ2v) is 8.51. The smallest absolute Gasteiger partial charge is 0.308 e. The minimum absolute atomic E-state index is 0.0189. The number of carbonyl (C=O) groups is 1. The van der Waals surface area contributed by atoms with Gasteiger partial charge in [0.2, 0.25) is 0 Å². The Balaban J connectivity index is 2.32. The summed E-state index contributed by atoms with van der Waals surface area (Å²) in [7, 11) is -3.62. The lowest BCUT2D eigenvalue weighted by Gasteiger charge is -2.29. The van der Waals surface area contributed by atoms with Crippen LogP contribution in [-0.4, -0.2) is 31.0 Å². The van der Waals surface area contributed by atoms with E-state index in [1.165, 1.54) is 18.3 Å². The number of carbonyl (C=O) groups excluding carboxylic acids is 1. The summed E-state index contributed by atoms with van der Waals surface area (Å²) in [6.45, 7) is 5.83. The second-order valence-electron chi connectivity index (χ2n) is 5.71. The number of thiophene rings is 1. The van der Waals surface area contributed by atoms with Crippen molar-refractivity contribution in [2.24, 2.45) is 0 Å². The normalized spacial score (nSPS) is 12.6. The van der Waals surface area contributed by atoms with Gasteiger partial charge in [-0.3, -0.25) is 4.79 Å². The monoisotopic (exact) mass is 381 g/mol. The highest BCUT2D eigenvalue weighted by molar-refractivity contribution is 7.87. The first-order chi connectivity index (χ1) is 11.9. The third-order valence-corrected chi connectivity index (χ3v) is 6.00. The zero-order chi connectivity index (χ0) is 18.4. The maximum atomic E-state index is 12.8. The van der Waals surface area contributed by atoms with Gasteiger partial charge in [0.15, 0.2) is 0 Å². The van der Waals surface area contributed by atoms with Crippen molar-refractivity contribution in [3.63, 3.8) is 0 Å². The fourth-order valence-electron chi connectivity index (χ4n) is 2.28. The van der Waals surface area contributed by atoms with E-state index in [0.717, 1.165) is 6.42 Å². The lowest BCUT2D eigenvalue weighted by Crippen LogP contribution is -2.37. The van der Waals surface area contributed by atoms with Crippen LogP contribution >= 0.6 is 11.3 Å². The van der Waals surface area contributed by atoms with Crippen LogP contribution in [0.25, 0.3) is 0 Å². The maximum Gasteiger partial charge on any atom is 0.308 e. The van der Waals surface area contributed by atoms with Crippen LogP contribution in [0.15, 0.2) is 41.8 Å². The summed E-state index contributed by atoms with van der Waals surface area (Å²) in [5.74, 6) is 0.110. The lowest BCUT2D eigenvalue weighted by molar-refractivity contribution is 0.0676. The van der Waals surface area contributed by atoms with Crippen molar-refractivity contribution in [3.8, 4) is 5.75 Å². The van der Waals surface area contributed by atoms with Crippen LogP contribution in [0.5, 0.6) is 5.75 Å². The second kappa shape index (κ2) is 8.49. The van der Waals surface area contributed by atoms with E-state index >= 15 is 0 Å². The molecule has 0 aliphatic heterocycles. The number of hydrogen-bond donors (Lipinski definition) is 0. The molecule has 0 N–H and O–H groups in total. The molecule has 0 spiro atoms. The van der Waals surface area contributed by atoms with Gasteiger partial charge in [-0.2, -0.15) is 8.42 Å². The molecular formula is C18H23NO4S2. The van der Waals surface area contributed by atoms with Gasteiger partial charge in [-0.1, -0.05) is 31.2 Å². The van der Waals surface area contributed by atoms with Crippen molar-refractivity contribution in [2.75, 3.05) is 5.75 Å². The highest BCUT2D eigenvalue weighted by atomic mass is 32.2. The molecule has 1 aromatic heterocycles. The zero-order valence-electron chi connectivity index (χ0n) is 14.6. The van der Waals surface area contributed by atoms with E-state index < -0.39 is 10.1 Å². The summed E-state index contributed by atoms with van der Waals surface area (Å²) in [5.41, 5.74) is 0.671. The molecule has 7 heteroatoms. The minimum atomic E-state index is -3.62. The topological polar surface area (TPSA) is 63.7 Å². The summed E-state index contributed by atoms with van der Waals surface area (Å²) in [4.78, 5) is 15.3.